The first kappa shape index (κ1) is 16.4. The molecule has 0 unspecified atom stereocenters. The lowest BCUT2D eigenvalue weighted by Crippen LogP contribution is -1.43. The minimum absolute atomic E-state index is 1.17. The SMILES string of the molecule is C=C(C)C.C=C(C)C.N=C=N. The van der Waals surface area contributed by atoms with Crippen LogP contribution in [0.4, 0.5) is 0 Å². The van der Waals surface area contributed by atoms with Gasteiger partial charge >= 0.3 is 0 Å². The molecule has 0 bridgehead atoms. The van der Waals surface area contributed by atoms with Gasteiger partial charge in [0, 0.05) is 0 Å². The van der Waals surface area contributed by atoms with Crippen LogP contribution in [0.3, 0.4) is 0 Å². The highest BCUT2D eigenvalue weighted by Gasteiger charge is 1.52. The maximum absolute atomic E-state index is 5.62. The smallest absolute Gasteiger partial charge is 0.0831 e. The maximum atomic E-state index is 5.62. The van der Waals surface area contributed by atoms with Gasteiger partial charge in [-0.3, -0.25) is 0 Å². The molecular weight excluding hydrogens is 136 g/mol. The first-order chi connectivity index (χ1) is 4.88. The van der Waals surface area contributed by atoms with Gasteiger partial charge in [-0.2, -0.15) is 0 Å². The highest BCUT2D eigenvalue weighted by Crippen LogP contribution is 1.74. The van der Waals surface area contributed by atoms with Crippen molar-refractivity contribution in [3.05, 3.63) is 24.3 Å². The van der Waals surface area contributed by atoms with E-state index in [9.17, 15) is 0 Å². The van der Waals surface area contributed by atoms with Gasteiger partial charge in [-0.1, -0.05) is 11.1 Å². The molecule has 0 aliphatic rings. The van der Waals surface area contributed by atoms with Crippen LogP contribution >= 0.6 is 0 Å². The van der Waals surface area contributed by atoms with E-state index in [1.165, 1.54) is 17.2 Å². The summed E-state index contributed by atoms with van der Waals surface area (Å²) in [7, 11) is 0. The maximum Gasteiger partial charge on any atom is 0.0831 e. The zero-order valence-corrected chi connectivity index (χ0v) is 7.91. The van der Waals surface area contributed by atoms with Gasteiger partial charge in [0.2, 0.25) is 0 Å². The van der Waals surface area contributed by atoms with Crippen LogP contribution in [-0.2, 0) is 0 Å². The molecule has 0 aromatic rings. The zero-order valence-electron chi connectivity index (χ0n) is 7.91. The summed E-state index contributed by atoms with van der Waals surface area (Å²) < 4.78 is 0. The summed E-state index contributed by atoms with van der Waals surface area (Å²) in [5, 5.41) is 11.2. The quantitative estimate of drug-likeness (QED) is 0.396. The second-order valence-electron chi connectivity index (χ2n) is 2.54. The van der Waals surface area contributed by atoms with Crippen molar-refractivity contribution in [2.45, 2.75) is 27.7 Å². The Labute approximate surface area is 69.7 Å². The summed E-state index contributed by atoms with van der Waals surface area (Å²) in [6.45, 7) is 15.0. The molecule has 2 heteroatoms. The van der Waals surface area contributed by atoms with Gasteiger partial charge in [0.15, 0.2) is 0 Å². The van der Waals surface area contributed by atoms with Gasteiger partial charge in [0.1, 0.15) is 0 Å². The average molecular weight is 154 g/mol. The molecule has 0 aromatic carbocycles. The van der Waals surface area contributed by atoms with Crippen molar-refractivity contribution < 1.29 is 0 Å². The van der Waals surface area contributed by atoms with Gasteiger partial charge in [-0.25, -0.2) is 10.8 Å². The Morgan fingerprint density at radius 2 is 0.909 bits per heavy atom. The highest BCUT2D eigenvalue weighted by molar-refractivity contribution is 5.29. The predicted octanol–water partition coefficient (Wildman–Crippen LogP) is 3.48. The van der Waals surface area contributed by atoms with Crippen molar-refractivity contribution in [3.63, 3.8) is 0 Å². The Morgan fingerprint density at radius 1 is 0.909 bits per heavy atom. The van der Waals surface area contributed by atoms with Crippen LogP contribution in [0.5, 0.6) is 0 Å². The van der Waals surface area contributed by atoms with E-state index in [1.54, 1.807) is 0 Å². The Balaban J connectivity index is -0.0000000886. The second-order valence-corrected chi connectivity index (χ2v) is 2.54. The Hall–Kier alpha value is -1.14. The molecule has 0 radical (unpaired) electrons. The topological polar surface area (TPSA) is 47.7 Å². The van der Waals surface area contributed by atoms with Gasteiger partial charge in [-0.15, -0.1) is 13.2 Å². The molecule has 2 nitrogen and oxygen atoms in total. The first-order valence-corrected chi connectivity index (χ1v) is 3.21. The molecule has 0 amide bonds. The number of nitrogens with one attached hydrogen (secondary N) is 2. The van der Waals surface area contributed by atoms with E-state index in [0.717, 1.165) is 0 Å². The fourth-order valence-corrected chi connectivity index (χ4v) is 0. The molecular formula is C9H18N2. The van der Waals surface area contributed by atoms with Crippen molar-refractivity contribution in [1.82, 2.24) is 0 Å². The van der Waals surface area contributed by atoms with Crippen molar-refractivity contribution in [1.29, 1.82) is 10.8 Å². The molecule has 0 atom stereocenters. The third-order valence-electron chi connectivity index (χ3n) is 0. The highest BCUT2D eigenvalue weighted by atomic mass is 14.4. The van der Waals surface area contributed by atoms with E-state index in [4.69, 9.17) is 10.8 Å². The summed E-state index contributed by atoms with van der Waals surface area (Å²) in [6.07, 6.45) is 0. The minimum Gasteiger partial charge on any atom is -0.242 e. The molecule has 0 spiro atoms. The third-order valence-corrected chi connectivity index (χ3v) is 0. The lowest BCUT2D eigenvalue weighted by Gasteiger charge is -1.65. The van der Waals surface area contributed by atoms with Crippen LogP contribution in [-0.4, -0.2) is 6.01 Å². The number of hydrogen-bond acceptors (Lipinski definition) is 2. The molecule has 0 aromatic heterocycles. The summed E-state index contributed by atoms with van der Waals surface area (Å²) in [4.78, 5) is 0. The van der Waals surface area contributed by atoms with Gasteiger partial charge in [-0.05, 0) is 27.7 Å². The van der Waals surface area contributed by atoms with Crippen LogP contribution in [0.15, 0.2) is 24.3 Å². The van der Waals surface area contributed by atoms with E-state index in [0.29, 0.717) is 0 Å². The van der Waals surface area contributed by atoms with E-state index in [2.05, 4.69) is 13.2 Å². The number of hydrogen-bond donors (Lipinski definition) is 2. The van der Waals surface area contributed by atoms with Crippen LogP contribution in [0.2, 0.25) is 0 Å². The molecule has 11 heavy (non-hydrogen) atoms. The van der Waals surface area contributed by atoms with Crippen LogP contribution in [0, 0.1) is 10.8 Å². The van der Waals surface area contributed by atoms with E-state index in [-0.39, 0.29) is 0 Å². The van der Waals surface area contributed by atoms with Crippen LogP contribution < -0.4 is 0 Å². The van der Waals surface area contributed by atoms with Gasteiger partial charge in [0.05, 0.1) is 6.01 Å². The molecule has 0 rings (SSSR count). The molecule has 64 valence electrons. The van der Waals surface area contributed by atoms with E-state index in [1.807, 2.05) is 27.7 Å². The van der Waals surface area contributed by atoms with Crippen LogP contribution in [0.1, 0.15) is 27.7 Å². The van der Waals surface area contributed by atoms with Crippen molar-refractivity contribution in [2.24, 2.45) is 0 Å². The largest absolute Gasteiger partial charge is 0.242 e. The fourth-order valence-electron chi connectivity index (χ4n) is 0. The fraction of sp³-hybridized carbons (Fsp3) is 0.444. The molecule has 0 heterocycles. The molecule has 2 N–H and O–H groups in total. The summed E-state index contributed by atoms with van der Waals surface area (Å²) in [5.74, 6) is 0. The summed E-state index contributed by atoms with van der Waals surface area (Å²) in [5.41, 5.74) is 2.33. The molecule has 0 saturated carbocycles. The standard InChI is InChI=1S/2C4H8.CH2N2/c2*1-4(2)3;2-1-3/h2*1H2,2-3H3;2-3H. The van der Waals surface area contributed by atoms with E-state index >= 15 is 0 Å². The number of allylic oxidation sites excluding steroid dienone is 2. The van der Waals surface area contributed by atoms with Crippen molar-refractivity contribution >= 4 is 6.01 Å². The second kappa shape index (κ2) is 15.9. The molecule has 0 saturated heterocycles. The molecule has 0 fully saturated rings. The van der Waals surface area contributed by atoms with Crippen molar-refractivity contribution in [3.8, 4) is 0 Å². The Bertz CT molecular complexity index is 120. The zero-order chi connectivity index (χ0) is 9.86. The predicted molar refractivity (Wildman–Crippen MR) is 51.4 cm³/mol. The molecule has 0 aliphatic carbocycles. The van der Waals surface area contributed by atoms with E-state index < -0.39 is 0 Å². The van der Waals surface area contributed by atoms with Gasteiger partial charge < -0.3 is 0 Å². The Kier molecular flexibility index (Phi) is 23.8. The normalized spacial score (nSPS) is 5.45. The van der Waals surface area contributed by atoms with Gasteiger partial charge in [0.25, 0.3) is 0 Å². The van der Waals surface area contributed by atoms with Crippen LogP contribution in [0.25, 0.3) is 0 Å². The summed E-state index contributed by atoms with van der Waals surface area (Å²) in [6, 6.07) is 1.25. The minimum atomic E-state index is 1.17. The monoisotopic (exact) mass is 154 g/mol. The lowest BCUT2D eigenvalue weighted by molar-refractivity contribution is 1.42. The first-order valence-electron chi connectivity index (χ1n) is 3.21. The summed E-state index contributed by atoms with van der Waals surface area (Å²) >= 11 is 0. The number of rotatable bonds is 0. The third kappa shape index (κ3) is 321. The Morgan fingerprint density at radius 3 is 0.909 bits per heavy atom. The average Bonchev–Trinajstić information content (AvgIpc) is 1.60. The lowest BCUT2D eigenvalue weighted by atomic mass is 10.4. The van der Waals surface area contributed by atoms with Crippen molar-refractivity contribution in [2.75, 3.05) is 0 Å². The molecule has 0 aliphatic heterocycles.